The van der Waals surface area contributed by atoms with E-state index in [9.17, 15) is 9.18 Å². The van der Waals surface area contributed by atoms with Crippen LogP contribution in [-0.4, -0.2) is 11.0 Å². The van der Waals surface area contributed by atoms with Crippen LogP contribution in [0.4, 0.5) is 10.1 Å². The lowest BCUT2D eigenvalue weighted by Gasteiger charge is -2.30. The topological polar surface area (TPSA) is 53.2 Å². The molecule has 128 valence electrons. The largest absolute Gasteiger partial charge is 0.351 e. The fraction of sp³-hybridized carbons (Fsp3) is 0.111. The van der Waals surface area contributed by atoms with Gasteiger partial charge in [-0.05, 0) is 49.5 Å². The molecule has 1 atom stereocenters. The molecule has 0 saturated carbocycles. The van der Waals surface area contributed by atoms with Gasteiger partial charge in [0.15, 0.2) is 5.11 Å². The van der Waals surface area contributed by atoms with Crippen LogP contribution in [0.2, 0.25) is 5.02 Å². The fourth-order valence-electron chi connectivity index (χ4n) is 2.67. The van der Waals surface area contributed by atoms with Crippen molar-refractivity contribution in [2.45, 2.75) is 13.0 Å². The summed E-state index contributed by atoms with van der Waals surface area (Å²) in [5, 5.41) is 9.61. The summed E-state index contributed by atoms with van der Waals surface area (Å²) in [7, 11) is 0. The fourth-order valence-corrected chi connectivity index (χ4v) is 3.07. The maximum Gasteiger partial charge on any atom is 0.255 e. The molecule has 1 amide bonds. The Bertz CT molecular complexity index is 867. The van der Waals surface area contributed by atoms with Crippen LogP contribution < -0.4 is 16.0 Å². The van der Waals surface area contributed by atoms with E-state index in [1.165, 1.54) is 6.07 Å². The third-order valence-corrected chi connectivity index (χ3v) is 4.30. The summed E-state index contributed by atoms with van der Waals surface area (Å²) < 4.78 is 14.3. The van der Waals surface area contributed by atoms with Gasteiger partial charge in [-0.2, -0.15) is 0 Å². The number of thiocarbonyl (C=S) groups is 1. The maximum absolute atomic E-state index is 14.3. The zero-order chi connectivity index (χ0) is 18.0. The van der Waals surface area contributed by atoms with Crippen molar-refractivity contribution >= 4 is 40.5 Å². The number of hydrogen-bond donors (Lipinski definition) is 3. The molecule has 1 aliphatic heterocycles. The van der Waals surface area contributed by atoms with Crippen LogP contribution in [0.15, 0.2) is 59.8 Å². The predicted octanol–water partition coefficient (Wildman–Crippen LogP) is 3.91. The van der Waals surface area contributed by atoms with E-state index in [0.717, 1.165) is 0 Å². The molecule has 3 N–H and O–H groups in total. The van der Waals surface area contributed by atoms with Gasteiger partial charge in [0.2, 0.25) is 0 Å². The first-order valence-corrected chi connectivity index (χ1v) is 8.34. The molecule has 2 aromatic carbocycles. The van der Waals surface area contributed by atoms with Crippen LogP contribution >= 0.6 is 23.8 Å². The number of halogens is 2. The van der Waals surface area contributed by atoms with Crippen LogP contribution in [0, 0.1) is 5.82 Å². The van der Waals surface area contributed by atoms with Crippen molar-refractivity contribution < 1.29 is 9.18 Å². The number of rotatable bonds is 3. The second-order valence-corrected chi connectivity index (χ2v) is 6.40. The Morgan fingerprint density at radius 3 is 2.56 bits per heavy atom. The van der Waals surface area contributed by atoms with E-state index in [2.05, 4.69) is 16.0 Å². The van der Waals surface area contributed by atoms with E-state index < -0.39 is 11.9 Å². The molecule has 0 bridgehead atoms. The zero-order valence-electron chi connectivity index (χ0n) is 13.3. The molecule has 0 radical (unpaired) electrons. The van der Waals surface area contributed by atoms with Crippen LogP contribution in [-0.2, 0) is 4.79 Å². The summed E-state index contributed by atoms with van der Waals surface area (Å²) in [5.74, 6) is -0.759. The second-order valence-electron chi connectivity index (χ2n) is 5.55. The van der Waals surface area contributed by atoms with Crippen molar-refractivity contribution in [3.8, 4) is 0 Å². The van der Waals surface area contributed by atoms with E-state index in [1.807, 2.05) is 0 Å². The highest BCUT2D eigenvalue weighted by molar-refractivity contribution is 7.80. The summed E-state index contributed by atoms with van der Waals surface area (Å²) in [4.78, 5) is 12.8. The molecule has 7 heteroatoms. The van der Waals surface area contributed by atoms with E-state index in [0.29, 0.717) is 32.7 Å². The predicted molar refractivity (Wildman–Crippen MR) is 101 cm³/mol. The van der Waals surface area contributed by atoms with Gasteiger partial charge in [-0.3, -0.25) is 4.79 Å². The quantitative estimate of drug-likeness (QED) is 0.712. The van der Waals surface area contributed by atoms with E-state index in [-0.39, 0.29) is 5.91 Å². The second kappa shape index (κ2) is 7.21. The highest BCUT2D eigenvalue weighted by Gasteiger charge is 2.31. The monoisotopic (exact) mass is 375 g/mol. The minimum Gasteiger partial charge on any atom is -0.351 e. The molecule has 0 saturated heterocycles. The Hall–Kier alpha value is -2.44. The summed E-state index contributed by atoms with van der Waals surface area (Å²) >= 11 is 11.0. The highest BCUT2D eigenvalue weighted by Crippen LogP contribution is 2.29. The van der Waals surface area contributed by atoms with Crippen LogP contribution in [0.5, 0.6) is 0 Å². The Labute approximate surface area is 155 Å². The molecule has 25 heavy (non-hydrogen) atoms. The number of anilines is 1. The zero-order valence-corrected chi connectivity index (χ0v) is 14.8. The number of carbonyl (C=O) groups is 1. The molecular formula is C18H15ClFN3OS. The Morgan fingerprint density at radius 1 is 1.20 bits per heavy atom. The lowest BCUT2D eigenvalue weighted by molar-refractivity contribution is -0.113. The number of carbonyl (C=O) groups excluding carboxylic acids is 1. The third-order valence-electron chi connectivity index (χ3n) is 3.83. The number of nitrogens with one attached hydrogen (secondary N) is 3. The maximum atomic E-state index is 14.3. The third kappa shape index (κ3) is 3.81. The molecule has 0 spiro atoms. The SMILES string of the molecule is CC1=C(C(=O)Nc2ccc(Cl)cc2)[C@@H](c2ccccc2F)NC(=S)N1. The molecule has 0 aliphatic carbocycles. The summed E-state index contributed by atoms with van der Waals surface area (Å²) in [5.41, 5.74) is 1.89. The smallest absolute Gasteiger partial charge is 0.255 e. The average molecular weight is 376 g/mol. The van der Waals surface area contributed by atoms with Gasteiger partial charge >= 0.3 is 0 Å². The number of allylic oxidation sites excluding steroid dienone is 1. The standard InChI is InChI=1S/C18H15ClFN3OS/c1-10-15(17(24)22-12-8-6-11(19)7-9-12)16(23-18(25)21-10)13-4-2-3-5-14(13)20/h2-9,16H,1H3,(H,22,24)(H2,21,23,25)/t16-/m1/s1. The molecule has 4 nitrogen and oxygen atoms in total. The normalized spacial score (nSPS) is 16.9. The molecule has 0 unspecified atom stereocenters. The Morgan fingerprint density at radius 2 is 1.88 bits per heavy atom. The minimum absolute atomic E-state index is 0.341. The van der Waals surface area contributed by atoms with Gasteiger partial charge in [-0.25, -0.2) is 4.39 Å². The molecule has 1 heterocycles. The van der Waals surface area contributed by atoms with E-state index in [1.54, 1.807) is 49.4 Å². The molecular weight excluding hydrogens is 361 g/mol. The molecule has 2 aromatic rings. The van der Waals surface area contributed by atoms with Gasteiger partial charge in [0.1, 0.15) is 5.82 Å². The number of benzene rings is 2. The molecule has 0 fully saturated rings. The van der Waals surface area contributed by atoms with Crippen molar-refractivity contribution in [2.75, 3.05) is 5.32 Å². The van der Waals surface area contributed by atoms with E-state index >= 15 is 0 Å². The number of amides is 1. The lowest BCUT2D eigenvalue weighted by atomic mass is 9.94. The minimum atomic E-state index is -0.678. The van der Waals surface area contributed by atoms with Crippen molar-refractivity contribution in [2.24, 2.45) is 0 Å². The first-order valence-electron chi connectivity index (χ1n) is 7.55. The molecule has 3 rings (SSSR count). The Kier molecular flexibility index (Phi) is 5.01. The van der Waals surface area contributed by atoms with Crippen molar-refractivity contribution in [1.29, 1.82) is 0 Å². The van der Waals surface area contributed by atoms with Crippen molar-refractivity contribution in [3.05, 3.63) is 76.2 Å². The van der Waals surface area contributed by atoms with Crippen molar-refractivity contribution in [1.82, 2.24) is 10.6 Å². The Balaban J connectivity index is 1.96. The van der Waals surface area contributed by atoms with Crippen molar-refractivity contribution in [3.63, 3.8) is 0 Å². The van der Waals surface area contributed by atoms with Gasteiger partial charge in [0, 0.05) is 22.0 Å². The van der Waals surface area contributed by atoms with Crippen LogP contribution in [0.3, 0.4) is 0 Å². The van der Waals surface area contributed by atoms with Gasteiger partial charge in [-0.15, -0.1) is 0 Å². The van der Waals surface area contributed by atoms with Gasteiger partial charge in [0.25, 0.3) is 5.91 Å². The molecule has 1 aliphatic rings. The lowest BCUT2D eigenvalue weighted by Crippen LogP contribution is -2.46. The first-order chi connectivity index (χ1) is 12.0. The van der Waals surface area contributed by atoms with E-state index in [4.69, 9.17) is 23.8 Å². The first kappa shape index (κ1) is 17.4. The van der Waals surface area contributed by atoms with Crippen LogP contribution in [0.25, 0.3) is 0 Å². The molecule has 0 aromatic heterocycles. The van der Waals surface area contributed by atoms with Gasteiger partial charge in [0.05, 0.1) is 11.6 Å². The van der Waals surface area contributed by atoms with Gasteiger partial charge in [-0.1, -0.05) is 29.8 Å². The number of hydrogen-bond acceptors (Lipinski definition) is 2. The summed E-state index contributed by atoms with van der Waals surface area (Å²) in [6, 6.07) is 12.4. The van der Waals surface area contributed by atoms with Gasteiger partial charge < -0.3 is 16.0 Å². The van der Waals surface area contributed by atoms with Crippen LogP contribution in [0.1, 0.15) is 18.5 Å². The summed E-state index contributed by atoms with van der Waals surface area (Å²) in [6.45, 7) is 1.73. The highest BCUT2D eigenvalue weighted by atomic mass is 35.5. The summed E-state index contributed by atoms with van der Waals surface area (Å²) in [6.07, 6.45) is 0. The average Bonchev–Trinajstić information content (AvgIpc) is 2.56.